The molecule has 1 atom stereocenters. The lowest BCUT2D eigenvalue weighted by Crippen LogP contribution is -2.50. The van der Waals surface area contributed by atoms with E-state index in [2.05, 4.69) is 9.72 Å². The van der Waals surface area contributed by atoms with E-state index in [1.165, 1.54) is 19.2 Å². The monoisotopic (exact) mass is 295 g/mol. The van der Waals surface area contributed by atoms with Gasteiger partial charge in [0.1, 0.15) is 6.04 Å². The van der Waals surface area contributed by atoms with Gasteiger partial charge in [0.2, 0.25) is 0 Å². The molecule has 2 rings (SSSR count). The van der Waals surface area contributed by atoms with Crippen molar-refractivity contribution in [1.29, 1.82) is 0 Å². The van der Waals surface area contributed by atoms with E-state index in [1.54, 1.807) is 6.92 Å². The van der Waals surface area contributed by atoms with Crippen LogP contribution in [0.1, 0.15) is 13.3 Å². The Morgan fingerprint density at radius 1 is 1.62 bits per heavy atom. The fourth-order valence-electron chi connectivity index (χ4n) is 2.05. The van der Waals surface area contributed by atoms with Crippen molar-refractivity contribution < 1.29 is 24.0 Å². The van der Waals surface area contributed by atoms with Gasteiger partial charge in [0.05, 0.1) is 7.11 Å². The number of anilines is 1. The number of hydrogen-bond donors (Lipinski definition) is 0. The molecule has 0 fully saturated rings. The van der Waals surface area contributed by atoms with Gasteiger partial charge in [-0.2, -0.15) is 0 Å². The third kappa shape index (κ3) is 2.62. The van der Waals surface area contributed by atoms with Gasteiger partial charge in [0.15, 0.2) is 12.4 Å². The number of nitrogens with zero attached hydrogens (tertiary/aromatic N) is 3. The molecule has 9 heteroatoms. The van der Waals surface area contributed by atoms with Gasteiger partial charge in [0.25, 0.3) is 11.7 Å². The average molecular weight is 295 g/mol. The lowest BCUT2D eigenvalue weighted by Gasteiger charge is -2.30. The number of esters is 1. The molecule has 0 bridgehead atoms. The second-order valence-corrected chi connectivity index (χ2v) is 4.25. The van der Waals surface area contributed by atoms with Crippen LogP contribution in [0.5, 0.6) is 5.75 Å². The highest BCUT2D eigenvalue weighted by Crippen LogP contribution is 2.34. The van der Waals surface area contributed by atoms with Gasteiger partial charge in [-0.3, -0.25) is 9.69 Å². The fourth-order valence-corrected chi connectivity index (χ4v) is 2.05. The normalized spacial score (nSPS) is 15.0. The third-order valence-electron chi connectivity index (χ3n) is 3.03. The minimum absolute atomic E-state index is 0.0438. The van der Waals surface area contributed by atoms with Gasteiger partial charge in [-0.05, 0) is 22.4 Å². The second-order valence-electron chi connectivity index (χ2n) is 4.25. The summed E-state index contributed by atoms with van der Waals surface area (Å²) in [6.45, 7) is 1.43. The van der Waals surface area contributed by atoms with Crippen molar-refractivity contribution in [1.82, 2.24) is 4.98 Å². The van der Waals surface area contributed by atoms with E-state index in [0.29, 0.717) is 0 Å². The summed E-state index contributed by atoms with van der Waals surface area (Å²) in [6, 6.07) is 1.62. The first kappa shape index (κ1) is 14.7. The third-order valence-corrected chi connectivity index (χ3v) is 3.03. The number of carbonyl (C=O) groups excluding carboxylic acids is 2. The Labute approximate surface area is 119 Å². The van der Waals surface area contributed by atoms with Gasteiger partial charge >= 0.3 is 11.8 Å². The number of amides is 1. The van der Waals surface area contributed by atoms with Crippen LogP contribution >= 0.6 is 0 Å². The highest BCUT2D eigenvalue weighted by Gasteiger charge is 2.39. The van der Waals surface area contributed by atoms with Crippen LogP contribution < -0.4 is 9.64 Å². The number of methoxy groups -OCH3 is 1. The fraction of sp³-hybridized carbons (Fsp3) is 0.417. The first-order valence-corrected chi connectivity index (χ1v) is 6.17. The molecule has 1 amide bonds. The Kier molecular flexibility index (Phi) is 4.01. The van der Waals surface area contributed by atoms with Crippen LogP contribution in [0.15, 0.2) is 12.1 Å². The van der Waals surface area contributed by atoms with Crippen LogP contribution in [0, 0.1) is 10.1 Å². The summed E-state index contributed by atoms with van der Waals surface area (Å²) in [4.78, 5) is 38.9. The molecule has 0 radical (unpaired) electrons. The molecular weight excluding hydrogens is 282 g/mol. The molecule has 0 spiro atoms. The first-order chi connectivity index (χ1) is 9.99. The molecule has 1 aromatic rings. The molecule has 1 aromatic heterocycles. The van der Waals surface area contributed by atoms with Crippen molar-refractivity contribution in [2.45, 2.75) is 19.4 Å². The number of carbonyl (C=O) groups is 2. The van der Waals surface area contributed by atoms with Crippen LogP contribution in [-0.2, 0) is 14.3 Å². The van der Waals surface area contributed by atoms with Crippen molar-refractivity contribution in [2.24, 2.45) is 0 Å². The molecule has 0 saturated heterocycles. The molecular formula is C12H13N3O6. The number of fused-ring (bicyclic) bond motifs is 1. The van der Waals surface area contributed by atoms with Gasteiger partial charge < -0.3 is 19.6 Å². The van der Waals surface area contributed by atoms with E-state index in [0.717, 1.165) is 4.90 Å². The maximum absolute atomic E-state index is 12.0. The number of ether oxygens (including phenoxy) is 2. The SMILES string of the molecule is CCC(C(=O)OC)N1C(=O)COc2ccc([N+](=O)[O-])nc21. The summed E-state index contributed by atoms with van der Waals surface area (Å²) in [5.74, 6) is -1.39. The number of pyridine rings is 1. The minimum Gasteiger partial charge on any atom is -0.477 e. The summed E-state index contributed by atoms with van der Waals surface area (Å²) < 4.78 is 9.84. The molecule has 0 aromatic carbocycles. The molecule has 0 aliphatic carbocycles. The van der Waals surface area contributed by atoms with Crippen molar-refractivity contribution in [3.8, 4) is 5.75 Å². The summed E-state index contributed by atoms with van der Waals surface area (Å²) in [5.41, 5.74) is 0. The zero-order chi connectivity index (χ0) is 15.6. The first-order valence-electron chi connectivity index (χ1n) is 6.17. The number of aromatic nitrogens is 1. The predicted octanol–water partition coefficient (Wildman–Crippen LogP) is 0.667. The van der Waals surface area contributed by atoms with Gasteiger partial charge in [-0.1, -0.05) is 6.92 Å². The molecule has 21 heavy (non-hydrogen) atoms. The average Bonchev–Trinajstić information content (AvgIpc) is 2.49. The summed E-state index contributed by atoms with van der Waals surface area (Å²) in [5, 5.41) is 10.8. The highest BCUT2D eigenvalue weighted by molar-refractivity contribution is 6.02. The van der Waals surface area contributed by atoms with Crippen LogP contribution in [-0.4, -0.2) is 41.5 Å². The summed E-state index contributed by atoms with van der Waals surface area (Å²) >= 11 is 0. The van der Waals surface area contributed by atoms with Crippen molar-refractivity contribution in [3.05, 3.63) is 22.2 Å². The van der Waals surface area contributed by atoms with E-state index in [9.17, 15) is 19.7 Å². The summed E-state index contributed by atoms with van der Waals surface area (Å²) in [6.07, 6.45) is 0.280. The molecule has 2 heterocycles. The number of hydrogen-bond acceptors (Lipinski definition) is 7. The Balaban J connectivity index is 2.52. The minimum atomic E-state index is -0.903. The van der Waals surface area contributed by atoms with Gasteiger partial charge in [-0.15, -0.1) is 0 Å². The molecule has 112 valence electrons. The smallest absolute Gasteiger partial charge is 0.366 e. The second kappa shape index (κ2) is 5.73. The van der Waals surface area contributed by atoms with Gasteiger partial charge in [0, 0.05) is 6.07 Å². The topological polar surface area (TPSA) is 112 Å². The number of nitro groups is 1. The Morgan fingerprint density at radius 2 is 2.33 bits per heavy atom. The van der Waals surface area contributed by atoms with E-state index in [1.807, 2.05) is 0 Å². The molecule has 0 saturated carbocycles. The zero-order valence-electron chi connectivity index (χ0n) is 11.4. The molecule has 9 nitrogen and oxygen atoms in total. The van der Waals surface area contributed by atoms with Gasteiger partial charge in [-0.25, -0.2) is 4.79 Å². The molecule has 1 aliphatic heterocycles. The highest BCUT2D eigenvalue weighted by atomic mass is 16.6. The standard InChI is InChI=1S/C12H13N3O6/c1-3-7(12(17)20-2)14-10(16)6-21-8-4-5-9(15(18)19)13-11(8)14/h4-5,7H,3,6H2,1-2H3. The quantitative estimate of drug-likeness (QED) is 0.455. The van der Waals surface area contributed by atoms with E-state index >= 15 is 0 Å². The van der Waals surface area contributed by atoms with Crippen LogP contribution in [0.4, 0.5) is 11.6 Å². The van der Waals surface area contributed by atoms with E-state index in [4.69, 9.17) is 4.74 Å². The van der Waals surface area contributed by atoms with E-state index < -0.39 is 28.7 Å². The Morgan fingerprint density at radius 3 is 2.90 bits per heavy atom. The van der Waals surface area contributed by atoms with Crippen LogP contribution in [0.3, 0.4) is 0 Å². The van der Waals surface area contributed by atoms with Crippen molar-refractivity contribution in [3.63, 3.8) is 0 Å². The predicted molar refractivity (Wildman–Crippen MR) is 70.0 cm³/mol. The molecule has 1 aliphatic rings. The van der Waals surface area contributed by atoms with E-state index in [-0.39, 0.29) is 24.6 Å². The lowest BCUT2D eigenvalue weighted by atomic mass is 10.1. The summed E-state index contributed by atoms with van der Waals surface area (Å²) in [7, 11) is 1.21. The van der Waals surface area contributed by atoms with Crippen LogP contribution in [0.25, 0.3) is 0 Å². The lowest BCUT2D eigenvalue weighted by molar-refractivity contribution is -0.389. The van der Waals surface area contributed by atoms with Crippen molar-refractivity contribution in [2.75, 3.05) is 18.6 Å². The zero-order valence-corrected chi connectivity index (χ0v) is 11.4. The molecule has 0 N–H and O–H groups in total. The maximum Gasteiger partial charge on any atom is 0.366 e. The Bertz CT molecular complexity index is 603. The largest absolute Gasteiger partial charge is 0.477 e. The Hall–Kier alpha value is -2.71. The maximum atomic E-state index is 12.0. The van der Waals surface area contributed by atoms with Crippen molar-refractivity contribution >= 4 is 23.5 Å². The number of rotatable bonds is 4. The molecule has 1 unspecified atom stereocenters. The van der Waals surface area contributed by atoms with Crippen LogP contribution in [0.2, 0.25) is 0 Å².